The second-order valence-electron chi connectivity index (χ2n) is 10.5. The van der Waals surface area contributed by atoms with Crippen LogP contribution in [0, 0.1) is 6.92 Å². The number of carbonyl (C=O) groups is 4. The van der Waals surface area contributed by atoms with Crippen LogP contribution in [0.1, 0.15) is 44.9 Å². The molecule has 4 aromatic rings. The smallest absolute Gasteiger partial charge is 0.345 e. The van der Waals surface area contributed by atoms with Gasteiger partial charge >= 0.3 is 11.9 Å². The number of carbonyl (C=O) groups excluding carboxylic acids is 3. The number of anilines is 2. The lowest BCUT2D eigenvalue weighted by Gasteiger charge is -2.38. The third-order valence-corrected chi connectivity index (χ3v) is 7.89. The number of para-hydroxylation sites is 2. The largest absolute Gasteiger partial charge is 0.480 e. The van der Waals surface area contributed by atoms with Crippen LogP contribution in [-0.2, 0) is 9.59 Å². The minimum Gasteiger partial charge on any atom is -0.480 e. The van der Waals surface area contributed by atoms with Gasteiger partial charge in [-0.25, -0.2) is 4.79 Å². The topological polar surface area (TPSA) is 142 Å². The Morgan fingerprint density at radius 2 is 1.89 bits per heavy atom. The molecule has 1 fully saturated rings. The minimum atomic E-state index is -1.18. The van der Waals surface area contributed by atoms with Crippen LogP contribution in [0.15, 0.2) is 65.4 Å². The Labute approximate surface area is 256 Å². The highest BCUT2D eigenvalue weighted by Crippen LogP contribution is 2.41. The van der Waals surface area contributed by atoms with Gasteiger partial charge in [0.05, 0.1) is 22.0 Å². The van der Waals surface area contributed by atoms with Crippen molar-refractivity contribution in [3.8, 4) is 5.75 Å². The molecule has 0 spiro atoms. The third-order valence-electron chi connectivity index (χ3n) is 7.58. The van der Waals surface area contributed by atoms with E-state index in [0.717, 1.165) is 30.3 Å². The molecular weight excluding hydrogens is 588 g/mol. The maximum atomic E-state index is 13.9. The number of nitrogens with zero attached hydrogens (tertiary/aromatic N) is 3. The molecule has 2 aliphatic rings. The molecular formula is C32H27ClN4O7. The molecule has 0 bridgehead atoms. The summed E-state index contributed by atoms with van der Waals surface area (Å²) in [7, 11) is 0. The van der Waals surface area contributed by atoms with Crippen molar-refractivity contribution in [3.63, 3.8) is 0 Å². The molecule has 3 heterocycles. The molecule has 224 valence electrons. The summed E-state index contributed by atoms with van der Waals surface area (Å²) in [5, 5.41) is 11.4. The number of amides is 2. The Kier molecular flexibility index (Phi) is 7.79. The molecule has 2 N–H and O–H groups in total. The fourth-order valence-electron chi connectivity index (χ4n) is 5.35. The number of carboxylic acid groups (broad SMARTS) is 1. The quantitative estimate of drug-likeness (QED) is 0.210. The Morgan fingerprint density at radius 1 is 1.11 bits per heavy atom. The first-order valence-corrected chi connectivity index (χ1v) is 14.3. The summed E-state index contributed by atoms with van der Waals surface area (Å²) >= 11 is 6.50. The van der Waals surface area contributed by atoms with Gasteiger partial charge < -0.3 is 29.4 Å². The zero-order valence-corrected chi connectivity index (χ0v) is 24.3. The van der Waals surface area contributed by atoms with Gasteiger partial charge in [0.15, 0.2) is 0 Å². The number of benzene rings is 2. The summed E-state index contributed by atoms with van der Waals surface area (Å²) in [5.41, 5.74) is 2.76. The number of aromatic nitrogens is 1. The van der Waals surface area contributed by atoms with Crippen molar-refractivity contribution < 1.29 is 33.4 Å². The lowest BCUT2D eigenvalue weighted by molar-refractivity contribution is -0.137. The van der Waals surface area contributed by atoms with Gasteiger partial charge in [-0.2, -0.15) is 0 Å². The van der Waals surface area contributed by atoms with Crippen LogP contribution in [-0.4, -0.2) is 59.5 Å². The molecule has 0 saturated heterocycles. The molecule has 1 aliphatic carbocycles. The summed E-state index contributed by atoms with van der Waals surface area (Å²) < 4.78 is 11.7. The Morgan fingerprint density at radius 3 is 2.64 bits per heavy atom. The van der Waals surface area contributed by atoms with E-state index in [-0.39, 0.29) is 33.6 Å². The summed E-state index contributed by atoms with van der Waals surface area (Å²) in [5.74, 6) is -2.66. The highest BCUT2D eigenvalue weighted by molar-refractivity contribution is 6.35. The minimum absolute atomic E-state index is 0.0269. The van der Waals surface area contributed by atoms with E-state index >= 15 is 0 Å². The highest BCUT2D eigenvalue weighted by Gasteiger charge is 2.36. The van der Waals surface area contributed by atoms with E-state index < -0.39 is 24.4 Å². The van der Waals surface area contributed by atoms with Crippen LogP contribution >= 0.6 is 11.6 Å². The first-order chi connectivity index (χ1) is 21.2. The fourth-order valence-corrected chi connectivity index (χ4v) is 5.59. The predicted octanol–water partition coefficient (Wildman–Crippen LogP) is 4.85. The van der Waals surface area contributed by atoms with Crippen molar-refractivity contribution in [2.24, 2.45) is 0 Å². The molecule has 0 atom stereocenters. The van der Waals surface area contributed by atoms with Crippen molar-refractivity contribution in [2.45, 2.75) is 25.8 Å². The molecule has 0 radical (unpaired) electrons. The van der Waals surface area contributed by atoms with E-state index in [1.807, 2.05) is 24.3 Å². The molecule has 2 amide bonds. The van der Waals surface area contributed by atoms with Gasteiger partial charge in [0, 0.05) is 54.6 Å². The van der Waals surface area contributed by atoms with Gasteiger partial charge in [0.1, 0.15) is 29.2 Å². The van der Waals surface area contributed by atoms with Gasteiger partial charge in [-0.3, -0.25) is 19.4 Å². The second kappa shape index (κ2) is 11.8. The molecule has 1 saturated carbocycles. The summed E-state index contributed by atoms with van der Waals surface area (Å²) in [6.45, 7) is 2.32. The average molecular weight is 615 g/mol. The monoisotopic (exact) mass is 614 g/mol. The zero-order valence-electron chi connectivity index (χ0n) is 23.6. The van der Waals surface area contributed by atoms with Crippen LogP contribution in [0.2, 0.25) is 5.02 Å². The number of aliphatic carboxylic acids is 1. The van der Waals surface area contributed by atoms with Crippen molar-refractivity contribution in [1.82, 2.24) is 10.3 Å². The highest BCUT2D eigenvalue weighted by atomic mass is 35.5. The molecule has 1 aliphatic heterocycles. The number of hydrogen-bond acceptors (Lipinski definition) is 8. The van der Waals surface area contributed by atoms with Crippen molar-refractivity contribution in [1.29, 1.82) is 0 Å². The van der Waals surface area contributed by atoms with Crippen molar-refractivity contribution in [2.75, 3.05) is 29.4 Å². The number of rotatable bonds is 8. The molecule has 44 heavy (non-hydrogen) atoms. The number of pyridine rings is 1. The molecule has 11 nitrogen and oxygen atoms in total. The van der Waals surface area contributed by atoms with Crippen LogP contribution in [0.4, 0.5) is 11.4 Å². The lowest BCUT2D eigenvalue weighted by atomic mass is 10.1. The number of aryl methyl sites for hydroxylation is 1. The normalized spacial score (nSPS) is 14.5. The molecule has 0 unspecified atom stereocenters. The number of furan rings is 1. The molecule has 2 aromatic heterocycles. The number of hydrogen-bond donors (Lipinski definition) is 2. The maximum Gasteiger partial charge on any atom is 0.345 e. The number of nitrogens with one attached hydrogen (secondary N) is 1. The van der Waals surface area contributed by atoms with E-state index in [1.165, 1.54) is 30.6 Å². The average Bonchev–Trinajstić information content (AvgIpc) is 3.82. The van der Waals surface area contributed by atoms with Crippen molar-refractivity contribution in [3.05, 3.63) is 88.4 Å². The van der Waals surface area contributed by atoms with Gasteiger partial charge in [-0.1, -0.05) is 23.7 Å². The van der Waals surface area contributed by atoms with Crippen molar-refractivity contribution >= 4 is 63.8 Å². The number of halogens is 1. The Hall–Kier alpha value is -5.16. The van der Waals surface area contributed by atoms with E-state index in [0.29, 0.717) is 35.7 Å². The van der Waals surface area contributed by atoms with E-state index in [9.17, 15) is 19.2 Å². The summed E-state index contributed by atoms with van der Waals surface area (Å²) in [6, 6.07) is 12.8. The van der Waals surface area contributed by atoms with E-state index in [1.54, 1.807) is 17.9 Å². The van der Waals surface area contributed by atoms with Gasteiger partial charge in [-0.05, 0) is 50.1 Å². The summed E-state index contributed by atoms with van der Waals surface area (Å²) in [6.07, 6.45) is 7.58. The SMILES string of the molecule is Cc1c(/C=C/C(=O)NCC(=O)O)oc2ccc(Cl)c(C(=O)Oc3ccncc3C(=O)N3CCN(C4CC4)c4ccccc43)c12. The van der Waals surface area contributed by atoms with Crippen LogP contribution in [0.3, 0.4) is 0 Å². The first kappa shape index (κ1) is 28.9. The van der Waals surface area contributed by atoms with E-state index in [2.05, 4.69) is 15.2 Å². The summed E-state index contributed by atoms with van der Waals surface area (Å²) in [4.78, 5) is 58.4. The Balaban J connectivity index is 1.28. The van der Waals surface area contributed by atoms with Crippen LogP contribution in [0.5, 0.6) is 5.75 Å². The van der Waals surface area contributed by atoms with Gasteiger partial charge in [-0.15, -0.1) is 0 Å². The lowest BCUT2D eigenvalue weighted by Crippen LogP contribution is -2.45. The molecule has 2 aromatic carbocycles. The predicted molar refractivity (Wildman–Crippen MR) is 163 cm³/mol. The number of ether oxygens (including phenoxy) is 1. The van der Waals surface area contributed by atoms with Crippen LogP contribution < -0.4 is 19.9 Å². The second-order valence-corrected chi connectivity index (χ2v) is 10.9. The molecule has 12 heteroatoms. The fraction of sp³-hybridized carbons (Fsp3) is 0.219. The maximum absolute atomic E-state index is 13.9. The van der Waals surface area contributed by atoms with E-state index in [4.69, 9.17) is 25.9 Å². The van der Waals surface area contributed by atoms with Gasteiger partial charge in [0.25, 0.3) is 5.91 Å². The van der Waals surface area contributed by atoms with Gasteiger partial charge in [0.2, 0.25) is 5.91 Å². The Bertz CT molecular complexity index is 1850. The number of carboxylic acids is 1. The first-order valence-electron chi connectivity index (χ1n) is 14.0. The standard InChI is InChI=1S/C32H27ClN4O7/c1-18-24(10-11-27(38)35-17-28(39)40)43-26-9-8-21(33)30(29(18)26)32(42)44-25-12-13-34-16-20(25)31(41)37-15-14-36(19-6-7-19)22-4-2-3-5-23(22)37/h2-5,8-13,16,19H,6-7,14-15,17H2,1H3,(H,35,38)(H,39,40)/b11-10+. The third kappa shape index (κ3) is 5.61. The number of esters is 1. The molecule has 6 rings (SSSR count). The van der Waals surface area contributed by atoms with Crippen LogP contribution in [0.25, 0.3) is 17.0 Å². The zero-order chi connectivity index (χ0) is 31.0. The number of fused-ring (bicyclic) bond motifs is 2.